The fourth-order valence-electron chi connectivity index (χ4n) is 4.96. The van der Waals surface area contributed by atoms with Gasteiger partial charge in [0.25, 0.3) is 0 Å². The van der Waals surface area contributed by atoms with Crippen LogP contribution < -0.4 is 4.90 Å². The van der Waals surface area contributed by atoms with Crippen molar-refractivity contribution in [2.45, 2.75) is 37.9 Å². The third kappa shape index (κ3) is 7.00. The number of carboxylic acid groups (broad SMARTS) is 1. The lowest BCUT2D eigenvalue weighted by molar-refractivity contribution is -0.204. The van der Waals surface area contributed by atoms with Crippen molar-refractivity contribution in [3.8, 4) is 11.5 Å². The lowest BCUT2D eigenvalue weighted by Gasteiger charge is -2.41. The number of alkyl halides is 3. The molecule has 4 N–H and O–H groups in total. The Kier molecular flexibility index (Phi) is 9.05. The number of aromatic hydroxyl groups is 2. The van der Waals surface area contributed by atoms with Crippen molar-refractivity contribution >= 4 is 35.4 Å². The molecule has 224 valence electrons. The number of nitrogens with one attached hydrogen (secondary N) is 1. The molecule has 2 bridgehead atoms. The number of amidine groups is 1. The fraction of sp³-hybridized carbons (Fsp3) is 0.357. The number of anilines is 1. The van der Waals surface area contributed by atoms with E-state index >= 15 is 0 Å². The first-order valence-corrected chi connectivity index (χ1v) is 13.1. The number of benzene rings is 2. The van der Waals surface area contributed by atoms with Crippen LogP contribution in [0, 0.1) is 5.41 Å². The highest BCUT2D eigenvalue weighted by molar-refractivity contribution is 5.99. The van der Waals surface area contributed by atoms with Crippen molar-refractivity contribution in [1.82, 2.24) is 9.96 Å². The minimum absolute atomic E-state index is 0.0296. The summed E-state index contributed by atoms with van der Waals surface area (Å²) in [5.74, 6) is -4.01. The van der Waals surface area contributed by atoms with Crippen LogP contribution in [0.15, 0.2) is 42.5 Å². The molecule has 11 nitrogen and oxygen atoms in total. The molecule has 0 radical (unpaired) electrons. The van der Waals surface area contributed by atoms with Crippen molar-refractivity contribution in [3.63, 3.8) is 0 Å². The van der Waals surface area contributed by atoms with Gasteiger partial charge >= 0.3 is 18.1 Å². The molecule has 1 amide bonds. The molecule has 2 aromatic rings. The normalized spacial score (nSPS) is 18.8. The fourth-order valence-corrected chi connectivity index (χ4v) is 4.96. The first kappa shape index (κ1) is 30.4. The number of carbonyl (C=O) groups is 3. The number of carboxylic acids is 1. The van der Waals surface area contributed by atoms with Gasteiger partial charge in [0.15, 0.2) is 0 Å². The number of aliphatic carboxylic acids is 1. The SMILES string of the molecule is N=C(c1ccc(O)c(/C=C/CN(C(=O)CCC(=O)O)c2cccc(O)c2C(F)(F)F)c1)N1CC(=O)ON2CCC1CC2. The van der Waals surface area contributed by atoms with E-state index in [2.05, 4.69) is 0 Å². The summed E-state index contributed by atoms with van der Waals surface area (Å²) in [4.78, 5) is 43.8. The van der Waals surface area contributed by atoms with E-state index < -0.39 is 60.4 Å². The Hall–Kier alpha value is -4.59. The molecule has 3 saturated heterocycles. The number of amides is 1. The van der Waals surface area contributed by atoms with Crippen LogP contribution in [0.1, 0.15) is 42.4 Å². The van der Waals surface area contributed by atoms with Crippen LogP contribution in [-0.4, -0.2) is 81.2 Å². The van der Waals surface area contributed by atoms with Crippen LogP contribution in [0.4, 0.5) is 18.9 Å². The van der Waals surface area contributed by atoms with E-state index in [0.29, 0.717) is 36.4 Å². The first-order chi connectivity index (χ1) is 19.8. The number of fused-ring (bicyclic) bond motifs is 5. The van der Waals surface area contributed by atoms with Crippen LogP contribution >= 0.6 is 0 Å². The van der Waals surface area contributed by atoms with Crippen molar-refractivity contribution in [2.75, 3.05) is 31.1 Å². The van der Waals surface area contributed by atoms with Crippen molar-refractivity contribution in [3.05, 3.63) is 59.2 Å². The molecule has 0 atom stereocenters. The molecule has 14 heteroatoms. The number of phenols is 2. The number of rotatable bonds is 8. The molecule has 3 fully saturated rings. The Balaban J connectivity index is 1.60. The number of phenolic OH excluding ortho intramolecular Hbond substituents is 2. The van der Waals surface area contributed by atoms with Gasteiger partial charge in [-0.15, -0.1) is 5.06 Å². The summed E-state index contributed by atoms with van der Waals surface area (Å²) in [5.41, 5.74) is -1.55. The second-order valence-corrected chi connectivity index (χ2v) is 9.84. The molecule has 3 aliphatic heterocycles. The zero-order valence-corrected chi connectivity index (χ0v) is 22.3. The Morgan fingerprint density at radius 3 is 2.48 bits per heavy atom. The van der Waals surface area contributed by atoms with E-state index in [1.165, 1.54) is 30.4 Å². The average molecular weight is 591 g/mol. The Labute approximate surface area is 238 Å². The van der Waals surface area contributed by atoms with Gasteiger partial charge in [-0.05, 0) is 43.2 Å². The van der Waals surface area contributed by atoms with Gasteiger partial charge in [-0.3, -0.25) is 15.0 Å². The van der Waals surface area contributed by atoms with Crippen molar-refractivity contribution < 1.29 is 47.7 Å². The number of carbonyl (C=O) groups excluding carboxylic acids is 2. The summed E-state index contributed by atoms with van der Waals surface area (Å²) in [6.45, 7) is 0.495. The largest absolute Gasteiger partial charge is 0.507 e. The second-order valence-electron chi connectivity index (χ2n) is 9.84. The number of hydroxylamine groups is 2. The monoisotopic (exact) mass is 590 g/mol. The number of piperidine rings is 1. The van der Waals surface area contributed by atoms with E-state index in [1.54, 1.807) is 9.96 Å². The summed E-state index contributed by atoms with van der Waals surface area (Å²) >= 11 is 0. The molecule has 3 heterocycles. The van der Waals surface area contributed by atoms with Crippen LogP contribution in [0.5, 0.6) is 11.5 Å². The van der Waals surface area contributed by atoms with Crippen LogP contribution in [0.3, 0.4) is 0 Å². The molecule has 0 unspecified atom stereocenters. The second kappa shape index (κ2) is 12.5. The molecule has 0 spiro atoms. The molecule has 0 aliphatic carbocycles. The van der Waals surface area contributed by atoms with Gasteiger partial charge in [0.05, 0.1) is 12.1 Å². The Bertz CT molecular complexity index is 1400. The van der Waals surface area contributed by atoms with E-state index in [1.807, 2.05) is 0 Å². The smallest absolute Gasteiger partial charge is 0.421 e. The number of hydrogen-bond acceptors (Lipinski definition) is 8. The number of hydrogen-bond donors (Lipinski definition) is 4. The van der Waals surface area contributed by atoms with Gasteiger partial charge in [-0.25, -0.2) is 4.79 Å². The minimum Gasteiger partial charge on any atom is -0.507 e. The lowest BCUT2D eigenvalue weighted by atomic mass is 10.0. The van der Waals surface area contributed by atoms with Crippen LogP contribution in [0.2, 0.25) is 0 Å². The number of nitrogens with zero attached hydrogens (tertiary/aromatic N) is 3. The van der Waals surface area contributed by atoms with Gasteiger partial charge < -0.3 is 30.0 Å². The van der Waals surface area contributed by atoms with E-state index in [-0.39, 0.29) is 29.7 Å². The predicted molar refractivity (Wildman–Crippen MR) is 144 cm³/mol. The summed E-state index contributed by atoms with van der Waals surface area (Å²) in [6, 6.07) is 7.19. The Morgan fingerprint density at radius 2 is 1.81 bits per heavy atom. The van der Waals surface area contributed by atoms with Gasteiger partial charge in [0.1, 0.15) is 29.4 Å². The topological polar surface area (TPSA) is 155 Å². The maximum absolute atomic E-state index is 13.8. The molecular formula is C28H29F3N4O7. The zero-order chi connectivity index (χ0) is 30.6. The summed E-state index contributed by atoms with van der Waals surface area (Å²) in [6.07, 6.45) is -2.21. The molecule has 42 heavy (non-hydrogen) atoms. The van der Waals surface area contributed by atoms with Crippen molar-refractivity contribution in [2.24, 2.45) is 0 Å². The van der Waals surface area contributed by atoms with E-state index in [9.17, 15) is 37.8 Å². The zero-order valence-electron chi connectivity index (χ0n) is 22.3. The van der Waals surface area contributed by atoms with Gasteiger partial charge in [0.2, 0.25) is 5.91 Å². The highest BCUT2D eigenvalue weighted by Crippen LogP contribution is 2.42. The highest BCUT2D eigenvalue weighted by Gasteiger charge is 2.39. The first-order valence-electron chi connectivity index (χ1n) is 13.1. The third-order valence-electron chi connectivity index (χ3n) is 7.02. The molecule has 2 aromatic carbocycles. The standard InChI is InChI=1S/C28H29F3N4O7/c29-28(30,31)26-20(4-1-5-22(26)37)34(23(38)8-9-24(39)40)12-2-3-17-15-18(6-7-21(17)36)27(32)35-16-25(41)42-33-13-10-19(35)11-14-33/h1-7,15,19,32,36-37H,8-14,16H2,(H,39,40)/b3-2+,32-27?. The molecule has 0 aromatic heterocycles. The highest BCUT2D eigenvalue weighted by atomic mass is 19.4. The molecular weight excluding hydrogens is 561 g/mol. The maximum Gasteiger partial charge on any atom is 0.421 e. The van der Waals surface area contributed by atoms with Gasteiger partial charge in [-0.2, -0.15) is 13.2 Å². The van der Waals surface area contributed by atoms with Gasteiger partial charge in [-0.1, -0.05) is 18.2 Å². The number of halogens is 3. The molecule has 0 saturated carbocycles. The predicted octanol–water partition coefficient (Wildman–Crippen LogP) is 3.59. The lowest BCUT2D eigenvalue weighted by Crippen LogP contribution is -2.53. The van der Waals surface area contributed by atoms with E-state index in [4.69, 9.17) is 15.4 Å². The van der Waals surface area contributed by atoms with Gasteiger partial charge in [0, 0.05) is 43.2 Å². The van der Waals surface area contributed by atoms with E-state index in [0.717, 1.165) is 18.2 Å². The third-order valence-corrected chi connectivity index (χ3v) is 7.02. The van der Waals surface area contributed by atoms with Crippen LogP contribution in [0.25, 0.3) is 6.08 Å². The average Bonchev–Trinajstić information content (AvgIpc) is 2.91. The maximum atomic E-state index is 13.8. The van der Waals surface area contributed by atoms with Crippen LogP contribution in [-0.2, 0) is 25.4 Å². The minimum atomic E-state index is -5.02. The molecule has 3 aliphatic rings. The quantitative estimate of drug-likeness (QED) is 0.267. The summed E-state index contributed by atoms with van der Waals surface area (Å²) in [5, 5.41) is 39.7. The Morgan fingerprint density at radius 1 is 1.10 bits per heavy atom. The summed E-state index contributed by atoms with van der Waals surface area (Å²) < 4.78 is 41.4. The van der Waals surface area contributed by atoms with Crippen molar-refractivity contribution in [1.29, 1.82) is 5.41 Å². The summed E-state index contributed by atoms with van der Waals surface area (Å²) in [7, 11) is 0. The molecule has 5 rings (SSSR count).